The first-order valence-electron chi connectivity index (χ1n) is 8.39. The summed E-state index contributed by atoms with van der Waals surface area (Å²) in [5.74, 6) is 0.877. The van der Waals surface area contributed by atoms with Crippen LogP contribution in [0.4, 0.5) is 5.69 Å². The third kappa shape index (κ3) is 6.18. The van der Waals surface area contributed by atoms with Gasteiger partial charge in [0.25, 0.3) is 0 Å². The SMILES string of the molecule is CCSc1nnc(SCC(=O)Nc2cccc(S(=O)(=O)N(CC)CC)c2)s1. The number of hydrogen-bond acceptors (Lipinski definition) is 8. The Morgan fingerprint density at radius 3 is 2.44 bits per heavy atom. The number of sulfonamides is 1. The fraction of sp³-hybridized carbons (Fsp3) is 0.438. The van der Waals surface area contributed by atoms with Gasteiger partial charge in [0, 0.05) is 18.8 Å². The molecule has 7 nitrogen and oxygen atoms in total. The van der Waals surface area contributed by atoms with Crippen LogP contribution in [0.25, 0.3) is 0 Å². The van der Waals surface area contributed by atoms with Crippen molar-refractivity contribution in [2.45, 2.75) is 34.3 Å². The van der Waals surface area contributed by atoms with Gasteiger partial charge in [0.15, 0.2) is 8.68 Å². The molecule has 1 aromatic carbocycles. The van der Waals surface area contributed by atoms with Crippen molar-refractivity contribution in [2.75, 3.05) is 29.9 Å². The van der Waals surface area contributed by atoms with Gasteiger partial charge in [-0.25, -0.2) is 8.42 Å². The van der Waals surface area contributed by atoms with Crippen LogP contribution < -0.4 is 5.32 Å². The highest BCUT2D eigenvalue weighted by Gasteiger charge is 2.21. The van der Waals surface area contributed by atoms with E-state index in [1.807, 2.05) is 6.92 Å². The molecular formula is C16H22N4O3S4. The Balaban J connectivity index is 1.99. The van der Waals surface area contributed by atoms with Gasteiger partial charge in [-0.05, 0) is 24.0 Å². The highest BCUT2D eigenvalue weighted by molar-refractivity contribution is 8.03. The summed E-state index contributed by atoms with van der Waals surface area (Å²) in [5.41, 5.74) is 0.452. The van der Waals surface area contributed by atoms with Crippen molar-refractivity contribution in [1.29, 1.82) is 0 Å². The van der Waals surface area contributed by atoms with E-state index in [4.69, 9.17) is 0 Å². The van der Waals surface area contributed by atoms with Gasteiger partial charge in [-0.3, -0.25) is 4.79 Å². The normalized spacial score (nSPS) is 11.7. The van der Waals surface area contributed by atoms with E-state index >= 15 is 0 Å². The van der Waals surface area contributed by atoms with Gasteiger partial charge >= 0.3 is 0 Å². The van der Waals surface area contributed by atoms with Crippen molar-refractivity contribution < 1.29 is 13.2 Å². The van der Waals surface area contributed by atoms with E-state index in [2.05, 4.69) is 15.5 Å². The second kappa shape index (κ2) is 10.4. The number of carbonyl (C=O) groups excluding carboxylic acids is 1. The zero-order chi connectivity index (χ0) is 19.9. The summed E-state index contributed by atoms with van der Waals surface area (Å²) in [6, 6.07) is 6.31. The van der Waals surface area contributed by atoms with Gasteiger partial charge in [-0.2, -0.15) is 4.31 Å². The standard InChI is InChI=1S/C16H22N4O3S4/c1-4-20(5-2)27(22,23)13-9-7-8-12(10-13)17-14(21)11-25-16-19-18-15(26-16)24-6-3/h7-10H,4-6,11H2,1-3H3,(H,17,21). The molecule has 1 N–H and O–H groups in total. The smallest absolute Gasteiger partial charge is 0.243 e. The van der Waals surface area contributed by atoms with Gasteiger partial charge < -0.3 is 5.32 Å². The minimum atomic E-state index is -3.56. The van der Waals surface area contributed by atoms with Crippen LogP contribution in [0.15, 0.2) is 37.8 Å². The maximum Gasteiger partial charge on any atom is 0.243 e. The molecule has 148 valence electrons. The van der Waals surface area contributed by atoms with Crippen LogP contribution in [0, 0.1) is 0 Å². The molecule has 0 bridgehead atoms. The van der Waals surface area contributed by atoms with E-state index in [1.165, 1.54) is 39.5 Å². The Hall–Kier alpha value is -1.14. The van der Waals surface area contributed by atoms with E-state index in [1.54, 1.807) is 37.7 Å². The maximum atomic E-state index is 12.6. The number of benzene rings is 1. The van der Waals surface area contributed by atoms with Crippen LogP contribution in [0.2, 0.25) is 0 Å². The molecule has 0 aliphatic rings. The number of anilines is 1. The zero-order valence-electron chi connectivity index (χ0n) is 15.3. The first-order chi connectivity index (χ1) is 12.9. The average molecular weight is 447 g/mol. The van der Waals surface area contributed by atoms with E-state index in [9.17, 15) is 13.2 Å². The maximum absolute atomic E-state index is 12.6. The van der Waals surface area contributed by atoms with Crippen molar-refractivity contribution in [2.24, 2.45) is 0 Å². The van der Waals surface area contributed by atoms with Gasteiger partial charge in [-0.15, -0.1) is 10.2 Å². The summed E-state index contributed by atoms with van der Waals surface area (Å²) in [7, 11) is -3.56. The van der Waals surface area contributed by atoms with E-state index in [0.717, 1.165) is 14.4 Å². The summed E-state index contributed by atoms with van der Waals surface area (Å²) in [6.07, 6.45) is 0. The summed E-state index contributed by atoms with van der Waals surface area (Å²) in [5, 5.41) is 10.8. The highest BCUT2D eigenvalue weighted by atomic mass is 32.2. The Bertz CT molecular complexity index is 866. The average Bonchev–Trinajstić information content (AvgIpc) is 3.09. The first kappa shape index (κ1) is 22.2. The molecule has 11 heteroatoms. The number of rotatable bonds is 10. The summed E-state index contributed by atoms with van der Waals surface area (Å²) in [6.45, 7) is 6.42. The van der Waals surface area contributed by atoms with Crippen molar-refractivity contribution in [1.82, 2.24) is 14.5 Å². The second-order valence-electron chi connectivity index (χ2n) is 5.22. The molecule has 0 saturated heterocycles. The number of nitrogens with zero attached hydrogens (tertiary/aromatic N) is 3. The number of amides is 1. The molecule has 0 spiro atoms. The predicted octanol–water partition coefficient (Wildman–Crippen LogP) is 3.41. The fourth-order valence-electron chi connectivity index (χ4n) is 2.21. The minimum Gasteiger partial charge on any atom is -0.325 e. The molecule has 2 aromatic rings. The molecule has 0 aliphatic carbocycles. The van der Waals surface area contributed by atoms with Gasteiger partial charge in [0.05, 0.1) is 10.6 Å². The van der Waals surface area contributed by atoms with Crippen LogP contribution in [0.3, 0.4) is 0 Å². The summed E-state index contributed by atoms with van der Waals surface area (Å²) in [4.78, 5) is 12.4. The third-order valence-electron chi connectivity index (χ3n) is 3.44. The van der Waals surface area contributed by atoms with Gasteiger partial charge in [-0.1, -0.05) is 61.7 Å². The fourth-order valence-corrected chi connectivity index (χ4v) is 6.43. The highest BCUT2D eigenvalue weighted by Crippen LogP contribution is 2.28. The van der Waals surface area contributed by atoms with Crippen molar-refractivity contribution in [3.63, 3.8) is 0 Å². The minimum absolute atomic E-state index is 0.169. The Morgan fingerprint density at radius 1 is 1.15 bits per heavy atom. The van der Waals surface area contributed by atoms with Crippen LogP contribution >= 0.6 is 34.9 Å². The molecule has 1 heterocycles. The number of carbonyl (C=O) groups is 1. The summed E-state index contributed by atoms with van der Waals surface area (Å²) < 4.78 is 28.2. The lowest BCUT2D eigenvalue weighted by atomic mass is 10.3. The van der Waals surface area contributed by atoms with Crippen molar-refractivity contribution in [3.05, 3.63) is 24.3 Å². The molecule has 0 fully saturated rings. The Kier molecular flexibility index (Phi) is 8.55. The molecule has 0 saturated carbocycles. The van der Waals surface area contributed by atoms with Crippen LogP contribution in [0.1, 0.15) is 20.8 Å². The lowest BCUT2D eigenvalue weighted by Gasteiger charge is -2.18. The van der Waals surface area contributed by atoms with E-state index < -0.39 is 10.0 Å². The molecule has 0 atom stereocenters. The molecule has 0 radical (unpaired) electrons. The Morgan fingerprint density at radius 2 is 1.81 bits per heavy atom. The monoisotopic (exact) mass is 446 g/mol. The molecule has 1 amide bonds. The number of thioether (sulfide) groups is 2. The van der Waals surface area contributed by atoms with Gasteiger partial charge in [0.1, 0.15) is 0 Å². The number of aromatic nitrogens is 2. The van der Waals surface area contributed by atoms with Crippen LogP contribution in [-0.2, 0) is 14.8 Å². The molecule has 2 rings (SSSR count). The molecule has 27 heavy (non-hydrogen) atoms. The molecule has 0 unspecified atom stereocenters. The topological polar surface area (TPSA) is 92.3 Å². The van der Waals surface area contributed by atoms with Gasteiger partial charge in [0.2, 0.25) is 15.9 Å². The quantitative estimate of drug-likeness (QED) is 0.559. The Labute approximate surface area is 172 Å². The number of nitrogens with one attached hydrogen (secondary N) is 1. The van der Waals surface area contributed by atoms with Crippen molar-refractivity contribution in [3.8, 4) is 0 Å². The third-order valence-corrected chi connectivity index (χ3v) is 8.56. The van der Waals surface area contributed by atoms with Crippen LogP contribution in [0.5, 0.6) is 0 Å². The second-order valence-corrected chi connectivity index (χ2v) is 10.9. The first-order valence-corrected chi connectivity index (χ1v) is 12.6. The lowest BCUT2D eigenvalue weighted by molar-refractivity contribution is -0.113. The van der Waals surface area contributed by atoms with E-state index in [-0.39, 0.29) is 16.6 Å². The zero-order valence-corrected chi connectivity index (χ0v) is 18.6. The molecule has 1 aromatic heterocycles. The number of hydrogen-bond donors (Lipinski definition) is 1. The predicted molar refractivity (Wildman–Crippen MR) is 112 cm³/mol. The molecule has 0 aliphatic heterocycles. The van der Waals surface area contributed by atoms with Crippen LogP contribution in [-0.4, -0.2) is 53.4 Å². The lowest BCUT2D eigenvalue weighted by Crippen LogP contribution is -2.30. The summed E-state index contributed by atoms with van der Waals surface area (Å²) >= 11 is 4.38. The largest absolute Gasteiger partial charge is 0.325 e. The van der Waals surface area contributed by atoms with E-state index in [0.29, 0.717) is 18.8 Å². The van der Waals surface area contributed by atoms with Crippen molar-refractivity contribution >= 4 is 56.5 Å². The molecular weight excluding hydrogens is 424 g/mol.